The van der Waals surface area contributed by atoms with Gasteiger partial charge >= 0.3 is 0 Å². The Labute approximate surface area is 126 Å². The van der Waals surface area contributed by atoms with Crippen LogP contribution < -0.4 is 5.32 Å². The molecule has 2 rings (SSSR count). The van der Waals surface area contributed by atoms with Gasteiger partial charge in [0, 0.05) is 31.6 Å². The number of nitrogens with zero attached hydrogens (tertiary/aromatic N) is 1. The zero-order valence-electron chi connectivity index (χ0n) is 12.9. The van der Waals surface area contributed by atoms with Crippen LogP contribution in [0.5, 0.6) is 0 Å². The SMILES string of the molecule is Cc1ccccc1C(=O)NCCC(=O)N1CCCC(C)C1. The van der Waals surface area contributed by atoms with E-state index in [9.17, 15) is 9.59 Å². The van der Waals surface area contributed by atoms with Gasteiger partial charge in [-0.2, -0.15) is 0 Å². The molecule has 4 heteroatoms. The lowest BCUT2D eigenvalue weighted by Gasteiger charge is -2.31. The summed E-state index contributed by atoms with van der Waals surface area (Å²) in [6, 6.07) is 7.48. The minimum atomic E-state index is -0.104. The predicted molar refractivity (Wildman–Crippen MR) is 83.1 cm³/mol. The number of amides is 2. The smallest absolute Gasteiger partial charge is 0.251 e. The molecule has 21 heavy (non-hydrogen) atoms. The van der Waals surface area contributed by atoms with E-state index in [2.05, 4.69) is 12.2 Å². The fraction of sp³-hybridized carbons (Fsp3) is 0.529. The number of carbonyl (C=O) groups is 2. The molecule has 1 N–H and O–H groups in total. The average Bonchev–Trinajstić information content (AvgIpc) is 2.47. The highest BCUT2D eigenvalue weighted by molar-refractivity contribution is 5.95. The molecule has 1 aliphatic heterocycles. The third kappa shape index (κ3) is 4.31. The first-order chi connectivity index (χ1) is 10.1. The lowest BCUT2D eigenvalue weighted by atomic mass is 10.00. The first-order valence-corrected chi connectivity index (χ1v) is 7.69. The van der Waals surface area contributed by atoms with Crippen LogP contribution in [0.4, 0.5) is 0 Å². The highest BCUT2D eigenvalue weighted by Gasteiger charge is 2.20. The Morgan fingerprint density at radius 2 is 2.10 bits per heavy atom. The second-order valence-electron chi connectivity index (χ2n) is 5.91. The molecule has 0 saturated carbocycles. The molecule has 0 aliphatic carbocycles. The van der Waals surface area contributed by atoms with Gasteiger partial charge in [0.2, 0.25) is 5.91 Å². The van der Waals surface area contributed by atoms with Crippen molar-refractivity contribution in [1.82, 2.24) is 10.2 Å². The van der Waals surface area contributed by atoms with Crippen molar-refractivity contribution in [2.45, 2.75) is 33.1 Å². The number of hydrogen-bond acceptors (Lipinski definition) is 2. The lowest BCUT2D eigenvalue weighted by molar-refractivity contribution is -0.132. The van der Waals surface area contributed by atoms with Crippen molar-refractivity contribution < 1.29 is 9.59 Å². The summed E-state index contributed by atoms with van der Waals surface area (Å²) in [5, 5.41) is 2.83. The van der Waals surface area contributed by atoms with Gasteiger partial charge in [0.1, 0.15) is 0 Å². The second kappa shape index (κ2) is 7.25. The van der Waals surface area contributed by atoms with Gasteiger partial charge in [0.15, 0.2) is 0 Å². The zero-order chi connectivity index (χ0) is 15.2. The van der Waals surface area contributed by atoms with E-state index < -0.39 is 0 Å². The van der Waals surface area contributed by atoms with E-state index >= 15 is 0 Å². The molecule has 1 aromatic carbocycles. The molecule has 1 heterocycles. The number of benzene rings is 1. The Balaban J connectivity index is 1.77. The van der Waals surface area contributed by atoms with Gasteiger partial charge in [0.05, 0.1) is 0 Å². The number of nitrogens with one attached hydrogen (secondary N) is 1. The van der Waals surface area contributed by atoms with Crippen LogP contribution in [0.25, 0.3) is 0 Å². The van der Waals surface area contributed by atoms with E-state index in [0.717, 1.165) is 25.1 Å². The van der Waals surface area contributed by atoms with Gasteiger partial charge in [-0.15, -0.1) is 0 Å². The van der Waals surface area contributed by atoms with E-state index in [1.807, 2.05) is 30.0 Å². The van der Waals surface area contributed by atoms with Crippen molar-refractivity contribution in [2.24, 2.45) is 5.92 Å². The predicted octanol–water partition coefficient (Wildman–Crippen LogP) is 2.37. The van der Waals surface area contributed by atoms with E-state index in [1.54, 1.807) is 6.07 Å². The molecule has 1 atom stereocenters. The highest BCUT2D eigenvalue weighted by atomic mass is 16.2. The maximum absolute atomic E-state index is 12.1. The maximum atomic E-state index is 12.1. The van der Waals surface area contributed by atoms with Crippen molar-refractivity contribution >= 4 is 11.8 Å². The molecule has 0 aromatic heterocycles. The molecule has 114 valence electrons. The Hall–Kier alpha value is -1.84. The van der Waals surface area contributed by atoms with Gasteiger partial charge in [-0.1, -0.05) is 25.1 Å². The largest absolute Gasteiger partial charge is 0.352 e. The number of carbonyl (C=O) groups excluding carboxylic acids is 2. The Kier molecular flexibility index (Phi) is 5.37. The highest BCUT2D eigenvalue weighted by Crippen LogP contribution is 2.16. The van der Waals surface area contributed by atoms with Crippen molar-refractivity contribution in [3.8, 4) is 0 Å². The lowest BCUT2D eigenvalue weighted by Crippen LogP contribution is -2.40. The summed E-state index contributed by atoms with van der Waals surface area (Å²) in [4.78, 5) is 26.1. The third-order valence-electron chi connectivity index (χ3n) is 4.02. The number of piperidine rings is 1. The topological polar surface area (TPSA) is 49.4 Å². The Morgan fingerprint density at radius 3 is 2.81 bits per heavy atom. The fourth-order valence-electron chi connectivity index (χ4n) is 2.78. The zero-order valence-corrected chi connectivity index (χ0v) is 12.9. The number of likely N-dealkylation sites (tertiary alicyclic amines) is 1. The minimum Gasteiger partial charge on any atom is -0.352 e. The van der Waals surface area contributed by atoms with Crippen molar-refractivity contribution in [3.05, 3.63) is 35.4 Å². The minimum absolute atomic E-state index is 0.104. The summed E-state index contributed by atoms with van der Waals surface area (Å²) in [6.07, 6.45) is 2.67. The van der Waals surface area contributed by atoms with Crippen molar-refractivity contribution in [2.75, 3.05) is 19.6 Å². The van der Waals surface area contributed by atoms with Gasteiger partial charge in [-0.05, 0) is 37.3 Å². The first-order valence-electron chi connectivity index (χ1n) is 7.69. The summed E-state index contributed by atoms with van der Waals surface area (Å²) < 4.78 is 0. The summed E-state index contributed by atoms with van der Waals surface area (Å²) >= 11 is 0. The molecule has 0 bridgehead atoms. The summed E-state index contributed by atoms with van der Waals surface area (Å²) in [5.41, 5.74) is 1.63. The molecular formula is C17H24N2O2. The molecular weight excluding hydrogens is 264 g/mol. The Morgan fingerprint density at radius 1 is 1.33 bits per heavy atom. The van der Waals surface area contributed by atoms with Gasteiger partial charge in [0.25, 0.3) is 5.91 Å². The summed E-state index contributed by atoms with van der Waals surface area (Å²) in [5.74, 6) is 0.629. The van der Waals surface area contributed by atoms with Crippen LogP contribution in [0.2, 0.25) is 0 Å². The molecule has 1 fully saturated rings. The number of hydrogen-bond donors (Lipinski definition) is 1. The molecule has 4 nitrogen and oxygen atoms in total. The molecule has 1 unspecified atom stereocenters. The molecule has 0 radical (unpaired) electrons. The normalized spacial score (nSPS) is 18.4. The van der Waals surface area contributed by atoms with Gasteiger partial charge in [-0.25, -0.2) is 0 Å². The first kappa shape index (κ1) is 15.5. The Bertz CT molecular complexity index is 513. The molecule has 1 saturated heterocycles. The van der Waals surface area contributed by atoms with Crippen LogP contribution in [0.1, 0.15) is 42.1 Å². The van der Waals surface area contributed by atoms with Crippen LogP contribution in [0, 0.1) is 12.8 Å². The quantitative estimate of drug-likeness (QED) is 0.924. The van der Waals surface area contributed by atoms with Gasteiger partial charge < -0.3 is 10.2 Å². The standard InChI is InChI=1S/C17H24N2O2/c1-13-6-5-11-19(12-13)16(20)9-10-18-17(21)15-8-4-3-7-14(15)2/h3-4,7-8,13H,5-6,9-12H2,1-2H3,(H,18,21). The van der Waals surface area contributed by atoms with E-state index in [1.165, 1.54) is 6.42 Å². The number of aryl methyl sites for hydroxylation is 1. The summed E-state index contributed by atoms with van der Waals surface area (Å²) in [7, 11) is 0. The number of rotatable bonds is 4. The molecule has 2 amide bonds. The fourth-order valence-corrected chi connectivity index (χ4v) is 2.78. The molecule has 1 aromatic rings. The van der Waals surface area contributed by atoms with Crippen LogP contribution >= 0.6 is 0 Å². The van der Waals surface area contributed by atoms with E-state index in [4.69, 9.17) is 0 Å². The van der Waals surface area contributed by atoms with Crippen molar-refractivity contribution in [3.63, 3.8) is 0 Å². The third-order valence-corrected chi connectivity index (χ3v) is 4.02. The maximum Gasteiger partial charge on any atom is 0.251 e. The van der Waals surface area contributed by atoms with Crippen LogP contribution in [0.15, 0.2) is 24.3 Å². The van der Waals surface area contributed by atoms with Crippen LogP contribution in [0.3, 0.4) is 0 Å². The second-order valence-corrected chi connectivity index (χ2v) is 5.91. The monoisotopic (exact) mass is 288 g/mol. The summed E-state index contributed by atoms with van der Waals surface area (Å²) in [6.45, 7) is 6.20. The van der Waals surface area contributed by atoms with Gasteiger partial charge in [-0.3, -0.25) is 9.59 Å². The van der Waals surface area contributed by atoms with Crippen molar-refractivity contribution in [1.29, 1.82) is 0 Å². The molecule has 1 aliphatic rings. The van der Waals surface area contributed by atoms with Crippen LogP contribution in [-0.2, 0) is 4.79 Å². The van der Waals surface area contributed by atoms with Crippen LogP contribution in [-0.4, -0.2) is 36.3 Å². The van der Waals surface area contributed by atoms with E-state index in [-0.39, 0.29) is 11.8 Å². The van der Waals surface area contributed by atoms with E-state index in [0.29, 0.717) is 24.4 Å². The molecule has 0 spiro atoms. The average molecular weight is 288 g/mol.